The van der Waals surface area contributed by atoms with Crippen LogP contribution < -0.4 is 0 Å². The summed E-state index contributed by atoms with van der Waals surface area (Å²) in [6.45, 7) is 0. The molecular weight excluding hydrogens is 332 g/mol. The van der Waals surface area contributed by atoms with Crippen molar-refractivity contribution in [2.24, 2.45) is 0 Å². The van der Waals surface area contributed by atoms with Gasteiger partial charge in [-0.05, 0) is 0 Å². The normalized spacial score (nSPS) is 0. The minimum atomic E-state index is 0. The average Bonchev–Trinajstić information content (AvgIpc) is 0. The summed E-state index contributed by atoms with van der Waals surface area (Å²) >= 11 is 0. The molecule has 0 aliphatic heterocycles. The second-order valence-electron chi connectivity index (χ2n) is 0. The van der Waals surface area contributed by atoms with E-state index in [4.69, 9.17) is 0 Å². The van der Waals surface area contributed by atoms with Gasteiger partial charge in [0.2, 0.25) is 0 Å². The van der Waals surface area contributed by atoms with Crippen LogP contribution in [-0.2, 0) is 59.8 Å². The van der Waals surface area contributed by atoms with Crippen molar-refractivity contribution in [3.8, 4) is 0 Å². The quantitative estimate of drug-likeness (QED) is 0.530. The molecule has 0 unspecified atom stereocenters. The molecule has 0 fully saturated rings. The molecule has 0 aromatic rings. The van der Waals surface area contributed by atoms with E-state index in [1.165, 1.54) is 0 Å². The van der Waals surface area contributed by atoms with Gasteiger partial charge >= 0.3 is 0 Å². The van der Waals surface area contributed by atoms with E-state index >= 15 is 0 Å². The third-order valence-electron chi connectivity index (χ3n) is 0. The first-order valence-electron chi connectivity index (χ1n) is 0. The Morgan fingerprint density at radius 3 is 1.00 bits per heavy atom. The Hall–Kier alpha value is 2.69. The van der Waals surface area contributed by atoms with Gasteiger partial charge in [-0.15, -0.1) is 0 Å². The molecule has 0 spiro atoms. The van der Waals surface area contributed by atoms with Crippen molar-refractivity contribution < 1.29 is 59.8 Å². The fourth-order valence-corrected chi connectivity index (χ4v) is 0. The van der Waals surface area contributed by atoms with Crippen LogP contribution in [0.2, 0.25) is 0 Å². The van der Waals surface area contributed by atoms with Gasteiger partial charge in [-0.1, -0.05) is 0 Å². The van der Waals surface area contributed by atoms with E-state index in [9.17, 15) is 0 Å². The molecule has 0 aliphatic rings. The Kier molecular flexibility index (Phi) is 129. The van der Waals surface area contributed by atoms with E-state index in [1.54, 1.807) is 0 Å². The van der Waals surface area contributed by atoms with Crippen molar-refractivity contribution in [1.82, 2.24) is 0 Å². The smallest absolute Gasteiger partial charge is 0 e. The van der Waals surface area contributed by atoms with Gasteiger partial charge in [0.05, 0.1) is 0 Å². The Bertz CT molecular complexity index is 8.00. The van der Waals surface area contributed by atoms with E-state index < -0.39 is 0 Å². The van der Waals surface area contributed by atoms with Crippen molar-refractivity contribution in [3.63, 3.8) is 0 Å². The van der Waals surface area contributed by atoms with E-state index in [-0.39, 0.29) is 83.7 Å². The van der Waals surface area contributed by atoms with Crippen molar-refractivity contribution in [3.05, 3.63) is 0 Å². The topological polar surface area (TPSA) is 0 Å². The number of hydrogen-bond acceptors (Lipinski definition) is 0. The van der Waals surface area contributed by atoms with Crippen LogP contribution in [0.4, 0.5) is 0 Å². The molecule has 0 saturated carbocycles. The average molecular weight is 332 g/mol. The van der Waals surface area contributed by atoms with E-state index in [1.807, 2.05) is 0 Å². The van der Waals surface area contributed by atoms with E-state index in [0.29, 0.717) is 0 Å². The third-order valence-corrected chi connectivity index (χ3v) is 0. The van der Waals surface area contributed by atoms with Gasteiger partial charge in [-0.25, -0.2) is 0 Å². The second-order valence-corrected chi connectivity index (χ2v) is 0. The minimum absolute atomic E-state index is 0. The molecule has 0 bridgehead atoms. The van der Waals surface area contributed by atoms with Gasteiger partial charge in [-0.3, -0.25) is 0 Å². The molecular formula is CuNiSnZr. The Labute approximate surface area is 82.3 Å². The summed E-state index contributed by atoms with van der Waals surface area (Å²) in [5.41, 5.74) is 0. The fraction of sp³-hybridized carbons (Fsp3) is 0. The van der Waals surface area contributed by atoms with Crippen molar-refractivity contribution in [2.75, 3.05) is 0 Å². The predicted octanol–water partition coefficient (Wildman–Crippen LogP) is -0.388. The Morgan fingerprint density at radius 1 is 1.00 bits per heavy atom. The number of hydrogen-bond donors (Lipinski definition) is 0. The van der Waals surface area contributed by atoms with Crippen LogP contribution in [0.3, 0.4) is 0 Å². The zero-order valence-corrected chi connectivity index (χ0v) is 8.86. The maximum atomic E-state index is 0. The first kappa shape index (κ1) is 29.9. The molecule has 4 heavy (non-hydrogen) atoms. The first-order chi connectivity index (χ1) is 0. The summed E-state index contributed by atoms with van der Waals surface area (Å²) in [5.74, 6) is 0. The molecule has 4 heteroatoms. The van der Waals surface area contributed by atoms with E-state index in [0.717, 1.165) is 0 Å². The zero-order chi connectivity index (χ0) is 0. The van der Waals surface area contributed by atoms with Gasteiger partial charge in [-0.2, -0.15) is 0 Å². The summed E-state index contributed by atoms with van der Waals surface area (Å²) in [4.78, 5) is 0. The molecule has 0 amide bonds. The predicted molar refractivity (Wildman–Crippen MR) is 5.75 cm³/mol. The van der Waals surface area contributed by atoms with Gasteiger partial charge in [0.15, 0.2) is 0 Å². The maximum Gasteiger partial charge on any atom is 0 e. The van der Waals surface area contributed by atoms with Crippen molar-refractivity contribution in [1.29, 1.82) is 0 Å². The van der Waals surface area contributed by atoms with Crippen LogP contribution in [0.25, 0.3) is 0 Å². The van der Waals surface area contributed by atoms with Crippen LogP contribution in [0, 0.1) is 0 Å². The fourth-order valence-electron chi connectivity index (χ4n) is 0. The monoisotopic (exact) mass is 331 g/mol. The molecule has 0 atom stereocenters. The van der Waals surface area contributed by atoms with Gasteiger partial charge in [0, 0.05) is 83.7 Å². The van der Waals surface area contributed by atoms with Crippen LogP contribution in [-0.4, -0.2) is 23.9 Å². The summed E-state index contributed by atoms with van der Waals surface area (Å²) in [6, 6.07) is 0. The van der Waals surface area contributed by atoms with Crippen LogP contribution in [0.15, 0.2) is 0 Å². The van der Waals surface area contributed by atoms with Crippen molar-refractivity contribution >= 4 is 23.9 Å². The molecule has 0 aliphatic carbocycles. The molecule has 0 rings (SSSR count). The zero-order valence-electron chi connectivity index (χ0n) is 1.62. The molecule has 0 aromatic carbocycles. The molecule has 29 valence electrons. The molecule has 0 nitrogen and oxygen atoms in total. The molecule has 5 radical (unpaired) electrons. The van der Waals surface area contributed by atoms with Crippen LogP contribution >= 0.6 is 0 Å². The molecule has 0 aromatic heterocycles. The molecule has 0 saturated heterocycles. The van der Waals surface area contributed by atoms with Gasteiger partial charge in [0.25, 0.3) is 0 Å². The van der Waals surface area contributed by atoms with Crippen LogP contribution in [0.1, 0.15) is 0 Å². The summed E-state index contributed by atoms with van der Waals surface area (Å²) in [6.07, 6.45) is 0. The molecule has 0 N–H and O–H groups in total. The van der Waals surface area contributed by atoms with Gasteiger partial charge in [0.1, 0.15) is 0 Å². The Morgan fingerprint density at radius 2 is 1.00 bits per heavy atom. The summed E-state index contributed by atoms with van der Waals surface area (Å²) in [7, 11) is 0. The minimum Gasteiger partial charge on any atom is 0 e. The first-order valence-corrected chi connectivity index (χ1v) is 0. The van der Waals surface area contributed by atoms with Crippen LogP contribution in [0.5, 0.6) is 0 Å². The number of rotatable bonds is 0. The van der Waals surface area contributed by atoms with Gasteiger partial charge < -0.3 is 0 Å². The summed E-state index contributed by atoms with van der Waals surface area (Å²) < 4.78 is 0. The summed E-state index contributed by atoms with van der Waals surface area (Å²) in [5, 5.41) is 0. The standard InChI is InChI=1S/Cu.Ni.Sn.Zr. The maximum absolute atomic E-state index is 0. The molecule has 0 heterocycles. The van der Waals surface area contributed by atoms with E-state index in [2.05, 4.69) is 0 Å². The largest absolute Gasteiger partial charge is 0 e. The van der Waals surface area contributed by atoms with Crippen molar-refractivity contribution in [2.45, 2.75) is 0 Å². The Balaban J connectivity index is 0. The third kappa shape index (κ3) is 8.83. The second kappa shape index (κ2) is 17.3. The SMILES string of the molecule is [Cu].[Ni].[Sn].[Zr].